The number of nitrogens with zero attached hydrogens (tertiary/aromatic N) is 1. The molecule has 0 heterocycles. The first-order chi connectivity index (χ1) is 9.91. The molecular weight excluding hydrogens is 262 g/mol. The van der Waals surface area contributed by atoms with E-state index in [9.17, 15) is 5.11 Å². The van der Waals surface area contributed by atoms with Gasteiger partial charge >= 0.3 is 0 Å². The van der Waals surface area contributed by atoms with Crippen molar-refractivity contribution in [3.8, 4) is 5.75 Å². The summed E-state index contributed by atoms with van der Waals surface area (Å²) in [5.74, 6) is 1.31. The monoisotopic (exact) mass is 291 g/mol. The van der Waals surface area contributed by atoms with Gasteiger partial charge in [0, 0.05) is 18.7 Å². The molecule has 0 aliphatic heterocycles. The van der Waals surface area contributed by atoms with E-state index in [1.54, 1.807) is 7.11 Å². The van der Waals surface area contributed by atoms with E-state index in [1.807, 2.05) is 18.2 Å². The number of rotatable bonds is 5. The number of benzene rings is 1. The first-order valence-electron chi connectivity index (χ1n) is 7.90. The highest BCUT2D eigenvalue weighted by molar-refractivity contribution is 5.33. The summed E-state index contributed by atoms with van der Waals surface area (Å²) in [6.45, 7) is 6.41. The van der Waals surface area contributed by atoms with Crippen LogP contribution in [0, 0.1) is 11.3 Å². The standard InChI is InChI=1S/C18H29NO2/c1-18(2)10-9-16(20)15(11-18)13-19(3)12-14-7-5-6-8-17(14)21-4/h5-8,15-16,20H,9-13H2,1-4H3. The van der Waals surface area contributed by atoms with Gasteiger partial charge < -0.3 is 14.7 Å². The molecule has 1 aromatic carbocycles. The molecule has 3 nitrogen and oxygen atoms in total. The third-order valence-corrected chi connectivity index (χ3v) is 4.65. The number of aliphatic hydroxyl groups excluding tert-OH is 1. The minimum absolute atomic E-state index is 0.154. The minimum atomic E-state index is -0.154. The topological polar surface area (TPSA) is 32.7 Å². The molecule has 1 aliphatic rings. The van der Waals surface area contributed by atoms with Gasteiger partial charge in [0.15, 0.2) is 0 Å². The average molecular weight is 291 g/mol. The van der Waals surface area contributed by atoms with E-state index in [2.05, 4.69) is 31.9 Å². The molecule has 0 saturated heterocycles. The molecule has 1 aliphatic carbocycles. The zero-order valence-corrected chi connectivity index (χ0v) is 13.8. The zero-order chi connectivity index (χ0) is 15.5. The second kappa shape index (κ2) is 6.80. The molecule has 0 spiro atoms. The predicted octanol–water partition coefficient (Wildman–Crippen LogP) is 3.31. The molecular formula is C18H29NO2. The van der Waals surface area contributed by atoms with Crippen molar-refractivity contribution in [3.05, 3.63) is 29.8 Å². The largest absolute Gasteiger partial charge is 0.496 e. The number of aliphatic hydroxyl groups is 1. The summed E-state index contributed by atoms with van der Waals surface area (Å²) in [5, 5.41) is 10.3. The number of hydrogen-bond acceptors (Lipinski definition) is 3. The zero-order valence-electron chi connectivity index (χ0n) is 13.8. The van der Waals surface area contributed by atoms with Crippen LogP contribution in [0.4, 0.5) is 0 Å². The Bertz CT molecular complexity index is 458. The molecule has 21 heavy (non-hydrogen) atoms. The van der Waals surface area contributed by atoms with E-state index < -0.39 is 0 Å². The summed E-state index contributed by atoms with van der Waals surface area (Å²) in [6, 6.07) is 8.15. The SMILES string of the molecule is COc1ccccc1CN(C)CC1CC(C)(C)CCC1O. The van der Waals surface area contributed by atoms with Crippen molar-refractivity contribution in [2.75, 3.05) is 20.7 Å². The van der Waals surface area contributed by atoms with Crippen molar-refractivity contribution in [1.29, 1.82) is 0 Å². The second-order valence-electron chi connectivity index (χ2n) is 7.24. The number of ether oxygens (including phenoxy) is 1. The molecule has 1 saturated carbocycles. The van der Waals surface area contributed by atoms with E-state index in [4.69, 9.17) is 4.74 Å². The number of methoxy groups -OCH3 is 1. The summed E-state index contributed by atoms with van der Waals surface area (Å²) in [4.78, 5) is 2.30. The van der Waals surface area contributed by atoms with Crippen LogP contribution in [0.1, 0.15) is 38.7 Å². The third-order valence-electron chi connectivity index (χ3n) is 4.65. The average Bonchev–Trinajstić information content (AvgIpc) is 2.43. The fraction of sp³-hybridized carbons (Fsp3) is 0.667. The van der Waals surface area contributed by atoms with Crippen molar-refractivity contribution in [2.24, 2.45) is 11.3 Å². The van der Waals surface area contributed by atoms with Crippen molar-refractivity contribution < 1.29 is 9.84 Å². The van der Waals surface area contributed by atoms with Gasteiger partial charge in [-0.25, -0.2) is 0 Å². The van der Waals surface area contributed by atoms with Crippen LogP contribution in [0.25, 0.3) is 0 Å². The summed E-state index contributed by atoms with van der Waals surface area (Å²) in [7, 11) is 3.84. The molecule has 0 radical (unpaired) electrons. The maximum absolute atomic E-state index is 10.3. The van der Waals surface area contributed by atoms with Gasteiger partial charge in [-0.15, -0.1) is 0 Å². The van der Waals surface area contributed by atoms with E-state index in [0.717, 1.165) is 38.1 Å². The summed E-state index contributed by atoms with van der Waals surface area (Å²) in [5.41, 5.74) is 1.56. The van der Waals surface area contributed by atoms with Crippen molar-refractivity contribution in [1.82, 2.24) is 4.90 Å². The number of hydrogen-bond donors (Lipinski definition) is 1. The molecule has 1 aromatic rings. The van der Waals surface area contributed by atoms with Gasteiger partial charge in [0.05, 0.1) is 13.2 Å². The summed E-state index contributed by atoms with van der Waals surface area (Å²) >= 11 is 0. The van der Waals surface area contributed by atoms with Gasteiger partial charge in [-0.2, -0.15) is 0 Å². The fourth-order valence-electron chi connectivity index (χ4n) is 3.50. The van der Waals surface area contributed by atoms with Gasteiger partial charge in [-0.05, 0) is 43.7 Å². The van der Waals surface area contributed by atoms with Gasteiger partial charge in [-0.3, -0.25) is 0 Å². The van der Waals surface area contributed by atoms with E-state index in [-0.39, 0.29) is 6.10 Å². The van der Waals surface area contributed by atoms with Gasteiger partial charge in [0.1, 0.15) is 5.75 Å². The van der Waals surface area contributed by atoms with E-state index >= 15 is 0 Å². The molecule has 1 N–H and O–H groups in total. The van der Waals surface area contributed by atoms with Gasteiger partial charge in [-0.1, -0.05) is 32.0 Å². The minimum Gasteiger partial charge on any atom is -0.496 e. The van der Waals surface area contributed by atoms with Crippen molar-refractivity contribution >= 4 is 0 Å². The van der Waals surface area contributed by atoms with Crippen LogP contribution in [-0.2, 0) is 6.54 Å². The Morgan fingerprint density at radius 3 is 2.76 bits per heavy atom. The number of para-hydroxylation sites is 1. The molecule has 3 heteroatoms. The van der Waals surface area contributed by atoms with Crippen LogP contribution >= 0.6 is 0 Å². The molecule has 2 atom stereocenters. The van der Waals surface area contributed by atoms with Crippen LogP contribution < -0.4 is 4.74 Å². The highest BCUT2D eigenvalue weighted by Crippen LogP contribution is 2.39. The lowest BCUT2D eigenvalue weighted by molar-refractivity contribution is 0.00667. The van der Waals surface area contributed by atoms with E-state index in [0.29, 0.717) is 11.3 Å². The predicted molar refractivity (Wildman–Crippen MR) is 86.5 cm³/mol. The lowest BCUT2D eigenvalue weighted by Gasteiger charge is -2.40. The summed E-state index contributed by atoms with van der Waals surface area (Å²) in [6.07, 6.45) is 3.00. The van der Waals surface area contributed by atoms with Crippen LogP contribution in [0.2, 0.25) is 0 Å². The Balaban J connectivity index is 1.96. The Labute approximate surface area is 128 Å². The Hall–Kier alpha value is -1.06. The second-order valence-corrected chi connectivity index (χ2v) is 7.24. The van der Waals surface area contributed by atoms with Crippen molar-refractivity contribution in [3.63, 3.8) is 0 Å². The smallest absolute Gasteiger partial charge is 0.123 e. The first-order valence-corrected chi connectivity index (χ1v) is 7.90. The Kier molecular flexibility index (Phi) is 5.28. The fourth-order valence-corrected chi connectivity index (χ4v) is 3.50. The van der Waals surface area contributed by atoms with Gasteiger partial charge in [0.2, 0.25) is 0 Å². The highest BCUT2D eigenvalue weighted by Gasteiger charge is 2.34. The molecule has 1 fully saturated rings. The lowest BCUT2D eigenvalue weighted by atomic mass is 9.71. The van der Waals surface area contributed by atoms with Crippen LogP contribution in [0.15, 0.2) is 24.3 Å². The molecule has 2 unspecified atom stereocenters. The van der Waals surface area contributed by atoms with Crippen molar-refractivity contribution in [2.45, 2.75) is 45.8 Å². The lowest BCUT2D eigenvalue weighted by Crippen LogP contribution is -2.39. The highest BCUT2D eigenvalue weighted by atomic mass is 16.5. The Morgan fingerprint density at radius 1 is 1.33 bits per heavy atom. The maximum Gasteiger partial charge on any atom is 0.123 e. The summed E-state index contributed by atoms with van der Waals surface area (Å²) < 4.78 is 5.41. The molecule has 2 rings (SSSR count). The van der Waals surface area contributed by atoms with Crippen LogP contribution in [-0.4, -0.2) is 36.8 Å². The molecule has 0 amide bonds. The normalized spacial score (nSPS) is 25.0. The molecule has 118 valence electrons. The van der Waals surface area contributed by atoms with E-state index in [1.165, 1.54) is 5.56 Å². The maximum atomic E-state index is 10.3. The Morgan fingerprint density at radius 2 is 2.05 bits per heavy atom. The van der Waals surface area contributed by atoms with Gasteiger partial charge in [0.25, 0.3) is 0 Å². The van der Waals surface area contributed by atoms with Crippen LogP contribution in [0.5, 0.6) is 5.75 Å². The molecule has 0 aromatic heterocycles. The molecule has 0 bridgehead atoms. The van der Waals surface area contributed by atoms with Crippen LogP contribution in [0.3, 0.4) is 0 Å². The first kappa shape index (κ1) is 16.3. The quantitative estimate of drug-likeness (QED) is 0.903. The third kappa shape index (κ3) is 4.45.